The van der Waals surface area contributed by atoms with E-state index in [0.717, 1.165) is 23.1 Å². The average molecular weight is 312 g/mol. The Morgan fingerprint density at radius 1 is 1.36 bits per heavy atom. The van der Waals surface area contributed by atoms with Crippen LogP contribution in [-0.2, 0) is 9.53 Å². The zero-order valence-corrected chi connectivity index (χ0v) is 12.5. The average Bonchev–Trinajstić information content (AvgIpc) is 2.55. The first-order valence-electron chi connectivity index (χ1n) is 6.99. The van der Waals surface area contributed by atoms with Crippen molar-refractivity contribution >= 4 is 17.7 Å². The number of methoxy groups -OCH3 is 1. The van der Waals surface area contributed by atoms with E-state index in [0.29, 0.717) is 19.4 Å². The van der Waals surface area contributed by atoms with Crippen LogP contribution < -0.4 is 4.90 Å². The summed E-state index contributed by atoms with van der Waals surface area (Å²) >= 11 is 0. The summed E-state index contributed by atoms with van der Waals surface area (Å²) in [4.78, 5) is 26.6. The molecule has 1 aliphatic heterocycles. The number of hydrogen-bond donors (Lipinski definition) is 0. The molecule has 0 N–H and O–H groups in total. The van der Waals surface area contributed by atoms with E-state index in [-0.39, 0.29) is 18.1 Å². The number of carbonyl (C=O) groups is 2. The Bertz CT molecular complexity index is 580. The Morgan fingerprint density at radius 3 is 2.77 bits per heavy atom. The lowest BCUT2D eigenvalue weighted by atomic mass is 9.96. The quantitative estimate of drug-likeness (QED) is 0.842. The minimum absolute atomic E-state index is 0.111. The molecule has 1 aromatic rings. The van der Waals surface area contributed by atoms with E-state index in [1.807, 2.05) is 0 Å². The normalized spacial score (nSPS) is 18.0. The van der Waals surface area contributed by atoms with Crippen molar-refractivity contribution in [2.75, 3.05) is 32.1 Å². The lowest BCUT2D eigenvalue weighted by Gasteiger charge is -2.33. The molecule has 1 aromatic carbocycles. The van der Waals surface area contributed by atoms with Gasteiger partial charge in [-0.25, -0.2) is 13.6 Å². The van der Waals surface area contributed by atoms with E-state index in [2.05, 4.69) is 4.74 Å². The highest BCUT2D eigenvalue weighted by Gasteiger charge is 2.31. The number of amides is 2. The molecule has 5 nitrogen and oxygen atoms in total. The summed E-state index contributed by atoms with van der Waals surface area (Å²) < 4.78 is 31.7. The number of anilines is 1. The summed E-state index contributed by atoms with van der Waals surface area (Å²) in [6, 6.07) is 2.96. The first kappa shape index (κ1) is 16.2. The van der Waals surface area contributed by atoms with Crippen LogP contribution in [0.15, 0.2) is 18.2 Å². The zero-order chi connectivity index (χ0) is 16.3. The standard InChI is InChI=1S/C15H18F2N2O3/c1-18(13-8-11(16)5-6-12(13)17)14(20)10-4-3-7-19(9-10)15(21)22-2/h5-6,8,10H,3-4,7,9H2,1-2H3. The Hall–Kier alpha value is -2.18. The SMILES string of the molecule is COC(=O)N1CCCC(C(=O)N(C)c2cc(F)ccc2F)C1. The molecule has 0 radical (unpaired) electrons. The maximum Gasteiger partial charge on any atom is 0.409 e. The molecule has 1 fully saturated rings. The van der Waals surface area contributed by atoms with Gasteiger partial charge in [-0.15, -0.1) is 0 Å². The summed E-state index contributed by atoms with van der Waals surface area (Å²) in [5.41, 5.74) is -0.111. The maximum absolute atomic E-state index is 13.8. The summed E-state index contributed by atoms with van der Waals surface area (Å²) in [7, 11) is 2.68. The predicted molar refractivity (Wildman–Crippen MR) is 76.5 cm³/mol. The fourth-order valence-corrected chi connectivity index (χ4v) is 2.61. The molecule has 2 amide bonds. The van der Waals surface area contributed by atoms with E-state index in [9.17, 15) is 18.4 Å². The number of piperidine rings is 1. The molecule has 7 heteroatoms. The molecule has 0 saturated carbocycles. The number of likely N-dealkylation sites (tertiary alicyclic amines) is 1. The Labute approximate surface area is 127 Å². The van der Waals surface area contributed by atoms with Crippen molar-refractivity contribution in [1.82, 2.24) is 4.90 Å². The van der Waals surface area contributed by atoms with Crippen molar-refractivity contribution in [1.29, 1.82) is 0 Å². The molecule has 0 bridgehead atoms. The summed E-state index contributed by atoms with van der Waals surface area (Å²) in [6.07, 6.45) is 0.760. The number of benzene rings is 1. The molecule has 120 valence electrons. The number of carbonyl (C=O) groups excluding carboxylic acids is 2. The predicted octanol–water partition coefficient (Wildman–Crippen LogP) is 2.41. The number of halogens is 2. The van der Waals surface area contributed by atoms with Gasteiger partial charge in [-0.1, -0.05) is 0 Å². The largest absolute Gasteiger partial charge is 0.453 e. The summed E-state index contributed by atoms with van der Waals surface area (Å²) in [5, 5.41) is 0. The third-order valence-corrected chi connectivity index (χ3v) is 3.80. The van der Waals surface area contributed by atoms with Crippen LogP contribution in [0.25, 0.3) is 0 Å². The third-order valence-electron chi connectivity index (χ3n) is 3.80. The number of rotatable bonds is 2. The molecular formula is C15H18F2N2O3. The second-order valence-corrected chi connectivity index (χ2v) is 5.25. The van der Waals surface area contributed by atoms with Crippen molar-refractivity contribution in [2.24, 2.45) is 5.92 Å². The van der Waals surface area contributed by atoms with E-state index in [1.54, 1.807) is 0 Å². The Balaban J connectivity index is 2.13. The van der Waals surface area contributed by atoms with Crippen LogP contribution >= 0.6 is 0 Å². The minimum atomic E-state index is -0.669. The lowest BCUT2D eigenvalue weighted by Crippen LogP contribution is -2.46. The Kier molecular flexibility index (Phi) is 4.95. The topological polar surface area (TPSA) is 49.9 Å². The number of hydrogen-bond acceptors (Lipinski definition) is 3. The lowest BCUT2D eigenvalue weighted by molar-refractivity contribution is -0.123. The molecule has 22 heavy (non-hydrogen) atoms. The molecule has 0 aromatic heterocycles. The number of nitrogens with zero attached hydrogens (tertiary/aromatic N) is 2. The third kappa shape index (κ3) is 3.35. The van der Waals surface area contributed by atoms with Crippen LogP contribution in [-0.4, -0.2) is 44.1 Å². The summed E-state index contributed by atoms with van der Waals surface area (Å²) in [6.45, 7) is 0.737. The van der Waals surface area contributed by atoms with Crippen LogP contribution in [0, 0.1) is 17.6 Å². The van der Waals surface area contributed by atoms with Crippen LogP contribution in [0.2, 0.25) is 0 Å². The highest BCUT2D eigenvalue weighted by molar-refractivity contribution is 5.95. The summed E-state index contributed by atoms with van der Waals surface area (Å²) in [5.74, 6) is -2.09. The van der Waals surface area contributed by atoms with Crippen molar-refractivity contribution in [2.45, 2.75) is 12.8 Å². The fraction of sp³-hybridized carbons (Fsp3) is 0.467. The molecule has 1 aliphatic rings. The second-order valence-electron chi connectivity index (χ2n) is 5.25. The first-order valence-corrected chi connectivity index (χ1v) is 6.99. The zero-order valence-electron chi connectivity index (χ0n) is 12.5. The van der Waals surface area contributed by atoms with Crippen molar-refractivity contribution in [3.8, 4) is 0 Å². The highest BCUT2D eigenvalue weighted by atomic mass is 19.1. The minimum Gasteiger partial charge on any atom is -0.453 e. The highest BCUT2D eigenvalue weighted by Crippen LogP contribution is 2.24. The molecule has 1 heterocycles. The van der Waals surface area contributed by atoms with Gasteiger partial charge in [-0.2, -0.15) is 0 Å². The van der Waals surface area contributed by atoms with Gasteiger partial charge in [0.2, 0.25) is 5.91 Å². The van der Waals surface area contributed by atoms with Crippen molar-refractivity contribution in [3.05, 3.63) is 29.8 Å². The first-order chi connectivity index (χ1) is 10.4. The molecule has 0 spiro atoms. The van der Waals surface area contributed by atoms with E-state index < -0.39 is 23.6 Å². The van der Waals surface area contributed by atoms with Gasteiger partial charge in [0.25, 0.3) is 0 Å². The van der Waals surface area contributed by atoms with Gasteiger partial charge in [0.05, 0.1) is 18.7 Å². The van der Waals surface area contributed by atoms with Gasteiger partial charge in [-0.3, -0.25) is 4.79 Å². The van der Waals surface area contributed by atoms with Crippen LogP contribution in [0.3, 0.4) is 0 Å². The molecule has 1 unspecified atom stereocenters. The molecule has 1 atom stereocenters. The van der Waals surface area contributed by atoms with Gasteiger partial charge in [0, 0.05) is 26.2 Å². The molecular weight excluding hydrogens is 294 g/mol. The van der Waals surface area contributed by atoms with E-state index in [1.165, 1.54) is 19.1 Å². The van der Waals surface area contributed by atoms with Crippen molar-refractivity contribution in [3.63, 3.8) is 0 Å². The van der Waals surface area contributed by atoms with Crippen molar-refractivity contribution < 1.29 is 23.1 Å². The van der Waals surface area contributed by atoms with Gasteiger partial charge < -0.3 is 14.5 Å². The molecule has 0 aliphatic carbocycles. The second kappa shape index (κ2) is 6.72. The molecule has 1 saturated heterocycles. The van der Waals surface area contributed by atoms with Crippen LogP contribution in [0.1, 0.15) is 12.8 Å². The van der Waals surface area contributed by atoms with Gasteiger partial charge in [0.1, 0.15) is 11.6 Å². The monoisotopic (exact) mass is 312 g/mol. The van der Waals surface area contributed by atoms with Gasteiger partial charge in [0.15, 0.2) is 0 Å². The smallest absolute Gasteiger partial charge is 0.409 e. The van der Waals surface area contributed by atoms with Gasteiger partial charge >= 0.3 is 6.09 Å². The number of ether oxygens (including phenoxy) is 1. The van der Waals surface area contributed by atoms with Crippen LogP contribution in [0.4, 0.5) is 19.3 Å². The van der Waals surface area contributed by atoms with Crippen LogP contribution in [0.5, 0.6) is 0 Å². The maximum atomic E-state index is 13.8. The fourth-order valence-electron chi connectivity index (χ4n) is 2.61. The molecule has 2 rings (SSSR count). The van der Waals surface area contributed by atoms with E-state index in [4.69, 9.17) is 0 Å². The Morgan fingerprint density at radius 2 is 2.09 bits per heavy atom. The van der Waals surface area contributed by atoms with E-state index >= 15 is 0 Å². The van der Waals surface area contributed by atoms with Gasteiger partial charge in [-0.05, 0) is 25.0 Å².